The van der Waals surface area contributed by atoms with Gasteiger partial charge in [0.2, 0.25) is 0 Å². The molecule has 1 saturated heterocycles. The summed E-state index contributed by atoms with van der Waals surface area (Å²) in [6, 6.07) is 0. The van der Waals surface area contributed by atoms with Crippen molar-refractivity contribution in [3.63, 3.8) is 0 Å². The fourth-order valence-corrected chi connectivity index (χ4v) is 0.802. The van der Waals surface area contributed by atoms with Gasteiger partial charge in [0.25, 0.3) is 0 Å². The third-order valence-corrected chi connectivity index (χ3v) is 1.21. The minimum absolute atomic E-state index is 0. The molecule has 1 aliphatic rings. The average Bonchev–Trinajstić information content (AvgIpc) is 1.88. The summed E-state index contributed by atoms with van der Waals surface area (Å²) in [6.45, 7) is 2.50. The summed E-state index contributed by atoms with van der Waals surface area (Å²) in [5.41, 5.74) is 0. The van der Waals surface area contributed by atoms with Crippen LogP contribution in [0, 0.1) is 0 Å². The zero-order valence-corrected chi connectivity index (χ0v) is 7.12. The van der Waals surface area contributed by atoms with Crippen molar-refractivity contribution in [1.82, 2.24) is 5.32 Å². The Balaban J connectivity index is 0. The first-order valence-electron chi connectivity index (χ1n) is 3.58. The monoisotopic (exact) mass is 179 g/mol. The van der Waals surface area contributed by atoms with Crippen molar-refractivity contribution in [2.45, 2.75) is 19.3 Å². The molecule has 12 heavy (non-hydrogen) atoms. The second-order valence-corrected chi connectivity index (χ2v) is 2.31. The molecule has 1 N–H and O–H groups in total. The molecule has 1 aliphatic heterocycles. The number of rotatable bonds is 0. The Labute approximate surface area is 81.6 Å². The van der Waals surface area contributed by atoms with Crippen molar-refractivity contribution in [3.8, 4) is 0 Å². The van der Waals surface area contributed by atoms with Crippen molar-refractivity contribution in [1.29, 1.82) is 0 Å². The second-order valence-electron chi connectivity index (χ2n) is 2.31. The van der Waals surface area contributed by atoms with Crippen molar-refractivity contribution < 1.29 is 36.1 Å². The summed E-state index contributed by atoms with van der Waals surface area (Å²) < 4.78 is 39.0. The van der Waals surface area contributed by atoms with Gasteiger partial charge in [-0.15, -0.1) is 0 Å². The number of halogens is 4. The molecule has 1 nitrogen and oxygen atoms in total. The molecule has 1 heterocycles. The van der Waals surface area contributed by atoms with E-state index >= 15 is 0 Å². The normalized spacial score (nSPS) is 17.0. The molecule has 0 aromatic rings. The van der Waals surface area contributed by atoms with E-state index in [0.29, 0.717) is 0 Å². The van der Waals surface area contributed by atoms with E-state index in [1.165, 1.54) is 32.4 Å². The molecular formula is C5H11BF4LiN. The molecular weight excluding hydrogens is 168 g/mol. The Morgan fingerprint density at radius 3 is 1.25 bits per heavy atom. The largest absolute Gasteiger partial charge is 1.00 e. The van der Waals surface area contributed by atoms with Gasteiger partial charge in [0, 0.05) is 0 Å². The molecule has 1 fully saturated rings. The Kier molecular flexibility index (Phi) is 9.85. The smallest absolute Gasteiger partial charge is 0.418 e. The molecule has 0 bridgehead atoms. The van der Waals surface area contributed by atoms with Crippen LogP contribution in [-0.2, 0) is 0 Å². The van der Waals surface area contributed by atoms with Gasteiger partial charge in [-0.1, -0.05) is 6.42 Å². The topological polar surface area (TPSA) is 12.0 Å². The number of hydrogen-bond donors (Lipinski definition) is 1. The Morgan fingerprint density at radius 2 is 1.17 bits per heavy atom. The summed E-state index contributed by atoms with van der Waals surface area (Å²) in [5, 5.41) is 3.28. The summed E-state index contributed by atoms with van der Waals surface area (Å²) in [5.74, 6) is 0. The van der Waals surface area contributed by atoms with Gasteiger partial charge in [-0.3, -0.25) is 0 Å². The van der Waals surface area contributed by atoms with Gasteiger partial charge in [-0.25, -0.2) is 0 Å². The van der Waals surface area contributed by atoms with Gasteiger partial charge in [-0.2, -0.15) is 0 Å². The SMILES string of the molecule is C1CCNCC1.F[B-](F)(F)F.[Li+]. The van der Waals surface area contributed by atoms with E-state index in [1.807, 2.05) is 0 Å². The molecule has 0 aromatic heterocycles. The van der Waals surface area contributed by atoms with Crippen LogP contribution in [0.2, 0.25) is 0 Å². The van der Waals surface area contributed by atoms with Crippen molar-refractivity contribution in [2.75, 3.05) is 13.1 Å². The Bertz CT molecular complexity index is 78.4. The van der Waals surface area contributed by atoms with Crippen LogP contribution in [0.15, 0.2) is 0 Å². The van der Waals surface area contributed by atoms with Crippen LogP contribution in [0.3, 0.4) is 0 Å². The minimum atomic E-state index is -6.00. The molecule has 68 valence electrons. The standard InChI is InChI=1S/C5H11N.BF4.Li/c1-2-4-6-5-3-1;2-1(3,4)5;/h6H,1-5H2;;/q;-1;+1. The fourth-order valence-electron chi connectivity index (χ4n) is 0.802. The second kappa shape index (κ2) is 7.96. The predicted molar refractivity (Wildman–Crippen MR) is 36.9 cm³/mol. The van der Waals surface area contributed by atoms with Crippen LogP contribution < -0.4 is 24.2 Å². The zero-order chi connectivity index (χ0) is 8.74. The first-order chi connectivity index (χ1) is 5.00. The van der Waals surface area contributed by atoms with Crippen LogP contribution >= 0.6 is 0 Å². The van der Waals surface area contributed by atoms with E-state index in [0.717, 1.165) is 0 Å². The molecule has 0 amide bonds. The van der Waals surface area contributed by atoms with Crippen LogP contribution in [0.5, 0.6) is 0 Å². The molecule has 7 heteroatoms. The predicted octanol–water partition coefficient (Wildman–Crippen LogP) is -0.936. The van der Waals surface area contributed by atoms with Crippen molar-refractivity contribution in [3.05, 3.63) is 0 Å². The molecule has 0 saturated carbocycles. The molecule has 0 radical (unpaired) electrons. The minimum Gasteiger partial charge on any atom is -0.418 e. The number of piperidine rings is 1. The molecule has 0 aromatic carbocycles. The molecule has 0 atom stereocenters. The third-order valence-electron chi connectivity index (χ3n) is 1.21. The van der Waals surface area contributed by atoms with E-state index in [4.69, 9.17) is 0 Å². The van der Waals surface area contributed by atoms with Crippen LogP contribution in [0.25, 0.3) is 0 Å². The summed E-state index contributed by atoms with van der Waals surface area (Å²) in [4.78, 5) is 0. The molecule has 0 aliphatic carbocycles. The van der Waals surface area contributed by atoms with E-state index in [9.17, 15) is 17.3 Å². The summed E-state index contributed by atoms with van der Waals surface area (Å²) in [6.07, 6.45) is 4.22. The quantitative estimate of drug-likeness (QED) is 0.374. The molecule has 1 rings (SSSR count). The van der Waals surface area contributed by atoms with Gasteiger partial charge >= 0.3 is 26.1 Å². The van der Waals surface area contributed by atoms with E-state index < -0.39 is 7.25 Å². The van der Waals surface area contributed by atoms with E-state index in [1.54, 1.807) is 0 Å². The first kappa shape index (κ1) is 14.8. The van der Waals surface area contributed by atoms with E-state index in [-0.39, 0.29) is 18.9 Å². The summed E-state index contributed by atoms with van der Waals surface area (Å²) in [7, 11) is -6.00. The maximum Gasteiger partial charge on any atom is 1.00 e. The number of hydrogen-bond acceptors (Lipinski definition) is 1. The van der Waals surface area contributed by atoms with Gasteiger partial charge in [0.1, 0.15) is 0 Å². The zero-order valence-electron chi connectivity index (χ0n) is 7.12. The first-order valence-corrected chi connectivity index (χ1v) is 3.58. The van der Waals surface area contributed by atoms with Gasteiger partial charge in [0.05, 0.1) is 0 Å². The molecule has 0 unspecified atom stereocenters. The van der Waals surface area contributed by atoms with Crippen molar-refractivity contribution in [2.24, 2.45) is 0 Å². The van der Waals surface area contributed by atoms with Crippen molar-refractivity contribution >= 4 is 7.25 Å². The fraction of sp³-hybridized carbons (Fsp3) is 1.00. The van der Waals surface area contributed by atoms with Gasteiger partial charge in [-0.05, 0) is 25.9 Å². The Morgan fingerprint density at radius 1 is 0.833 bits per heavy atom. The maximum absolute atomic E-state index is 9.75. The maximum atomic E-state index is 9.75. The number of nitrogens with one attached hydrogen (secondary N) is 1. The van der Waals surface area contributed by atoms with Crippen LogP contribution in [0.1, 0.15) is 19.3 Å². The average molecular weight is 179 g/mol. The van der Waals surface area contributed by atoms with Crippen LogP contribution in [-0.4, -0.2) is 20.3 Å². The third kappa shape index (κ3) is 22.4. The summed E-state index contributed by atoms with van der Waals surface area (Å²) >= 11 is 0. The molecule has 0 spiro atoms. The van der Waals surface area contributed by atoms with Crippen LogP contribution in [0.4, 0.5) is 17.3 Å². The Hall–Kier alpha value is 0.342. The van der Waals surface area contributed by atoms with E-state index in [2.05, 4.69) is 5.32 Å². The van der Waals surface area contributed by atoms with Gasteiger partial charge < -0.3 is 22.6 Å². The van der Waals surface area contributed by atoms with Gasteiger partial charge in [0.15, 0.2) is 0 Å².